The van der Waals surface area contributed by atoms with E-state index in [9.17, 15) is 8.42 Å². The lowest BCUT2D eigenvalue weighted by molar-refractivity contribution is 0.415. The van der Waals surface area contributed by atoms with Crippen LogP contribution < -0.4 is 9.46 Å². The van der Waals surface area contributed by atoms with Crippen molar-refractivity contribution in [3.8, 4) is 5.75 Å². The van der Waals surface area contributed by atoms with Crippen LogP contribution in [-0.2, 0) is 10.0 Å². The number of ether oxygens (including phenoxy) is 1. The summed E-state index contributed by atoms with van der Waals surface area (Å²) < 4.78 is 33.9. The van der Waals surface area contributed by atoms with Crippen molar-refractivity contribution in [2.24, 2.45) is 0 Å². The SMILES string of the molecule is COc1ccc(Br)c(NS(=O)(=O)c2cc(Br)sc2C)c1. The fourth-order valence-corrected chi connectivity index (χ4v) is 5.57. The Kier molecular flexibility index (Phi) is 4.78. The van der Waals surface area contributed by atoms with Gasteiger partial charge >= 0.3 is 0 Å². The van der Waals surface area contributed by atoms with Crippen molar-refractivity contribution < 1.29 is 13.2 Å². The molecule has 1 aromatic carbocycles. The molecule has 4 nitrogen and oxygen atoms in total. The standard InChI is InChI=1S/C12H11Br2NO3S2/c1-7-11(6-12(14)19-7)20(16,17)15-10-5-8(18-2)3-4-9(10)13/h3-6,15H,1-2H3. The van der Waals surface area contributed by atoms with Gasteiger partial charge in [0.1, 0.15) is 10.6 Å². The molecule has 108 valence electrons. The van der Waals surface area contributed by atoms with Crippen molar-refractivity contribution in [3.63, 3.8) is 0 Å². The summed E-state index contributed by atoms with van der Waals surface area (Å²) in [4.78, 5) is 0.993. The van der Waals surface area contributed by atoms with E-state index in [4.69, 9.17) is 4.74 Å². The van der Waals surface area contributed by atoms with Gasteiger partial charge in [-0.25, -0.2) is 8.42 Å². The maximum absolute atomic E-state index is 12.4. The topological polar surface area (TPSA) is 55.4 Å². The molecule has 0 aliphatic carbocycles. The number of aryl methyl sites for hydroxylation is 1. The number of sulfonamides is 1. The molecule has 0 aliphatic heterocycles. The van der Waals surface area contributed by atoms with E-state index in [2.05, 4.69) is 36.6 Å². The number of halogens is 2. The van der Waals surface area contributed by atoms with Crippen LogP contribution in [0, 0.1) is 6.92 Å². The molecular weight excluding hydrogens is 430 g/mol. The average molecular weight is 441 g/mol. The minimum atomic E-state index is -3.63. The fraction of sp³-hybridized carbons (Fsp3) is 0.167. The molecule has 1 N–H and O–H groups in total. The summed E-state index contributed by atoms with van der Waals surface area (Å²) in [6, 6.07) is 6.69. The van der Waals surface area contributed by atoms with Crippen LogP contribution in [0.5, 0.6) is 5.75 Å². The van der Waals surface area contributed by atoms with Gasteiger partial charge in [0.2, 0.25) is 0 Å². The number of anilines is 1. The first-order chi connectivity index (χ1) is 9.33. The number of methoxy groups -OCH3 is 1. The summed E-state index contributed by atoms with van der Waals surface area (Å²) in [6.45, 7) is 1.77. The Morgan fingerprint density at radius 3 is 2.50 bits per heavy atom. The van der Waals surface area contributed by atoms with Gasteiger partial charge < -0.3 is 4.74 Å². The quantitative estimate of drug-likeness (QED) is 0.766. The molecule has 0 saturated heterocycles. The predicted molar refractivity (Wildman–Crippen MR) is 88.3 cm³/mol. The van der Waals surface area contributed by atoms with Gasteiger partial charge in [0.25, 0.3) is 10.0 Å². The monoisotopic (exact) mass is 439 g/mol. The molecule has 1 aromatic heterocycles. The Balaban J connectivity index is 2.40. The number of thiophene rings is 1. The summed E-state index contributed by atoms with van der Waals surface area (Å²) in [5.41, 5.74) is 0.436. The minimum Gasteiger partial charge on any atom is -0.497 e. The van der Waals surface area contributed by atoms with Crippen LogP contribution in [-0.4, -0.2) is 15.5 Å². The highest BCUT2D eigenvalue weighted by atomic mass is 79.9. The zero-order chi connectivity index (χ0) is 14.9. The molecule has 0 amide bonds. The number of benzene rings is 1. The molecule has 2 rings (SSSR count). The Labute approximate surface area is 138 Å². The van der Waals surface area contributed by atoms with Gasteiger partial charge in [-0.1, -0.05) is 0 Å². The summed E-state index contributed by atoms with van der Waals surface area (Å²) in [5.74, 6) is 0.578. The third-order valence-corrected chi connectivity index (χ3v) is 6.42. The van der Waals surface area contributed by atoms with Crippen LogP contribution in [0.4, 0.5) is 5.69 Å². The van der Waals surface area contributed by atoms with Crippen LogP contribution >= 0.6 is 43.2 Å². The normalized spacial score (nSPS) is 11.4. The van der Waals surface area contributed by atoms with Crippen molar-refractivity contribution in [2.45, 2.75) is 11.8 Å². The molecule has 2 aromatic rings. The third kappa shape index (κ3) is 3.36. The zero-order valence-electron chi connectivity index (χ0n) is 10.6. The largest absolute Gasteiger partial charge is 0.497 e. The van der Waals surface area contributed by atoms with Gasteiger partial charge in [-0.05, 0) is 57.0 Å². The first-order valence-electron chi connectivity index (χ1n) is 5.46. The molecule has 0 saturated carbocycles. The second-order valence-corrected chi connectivity index (χ2v) is 9.06. The van der Waals surface area contributed by atoms with Gasteiger partial charge in [-0.2, -0.15) is 0 Å². The Hall–Kier alpha value is -0.570. The number of rotatable bonds is 4. The van der Waals surface area contributed by atoms with Crippen molar-refractivity contribution in [2.75, 3.05) is 11.8 Å². The molecule has 20 heavy (non-hydrogen) atoms. The first kappa shape index (κ1) is 15.8. The van der Waals surface area contributed by atoms with Crippen molar-refractivity contribution in [3.05, 3.63) is 37.4 Å². The molecule has 0 spiro atoms. The van der Waals surface area contributed by atoms with Crippen LogP contribution in [0.2, 0.25) is 0 Å². The highest BCUT2D eigenvalue weighted by molar-refractivity contribution is 9.11. The van der Waals surface area contributed by atoms with Crippen molar-refractivity contribution >= 4 is 58.9 Å². The lowest BCUT2D eigenvalue weighted by Gasteiger charge is -2.10. The number of hydrogen-bond acceptors (Lipinski definition) is 4. The van der Waals surface area contributed by atoms with E-state index >= 15 is 0 Å². The maximum Gasteiger partial charge on any atom is 0.263 e. The van der Waals surface area contributed by atoms with E-state index in [1.165, 1.54) is 18.4 Å². The smallest absolute Gasteiger partial charge is 0.263 e. The predicted octanol–water partition coefficient (Wildman–Crippen LogP) is 4.39. The lowest BCUT2D eigenvalue weighted by atomic mass is 10.3. The minimum absolute atomic E-state index is 0.268. The molecule has 8 heteroatoms. The molecule has 1 heterocycles. The summed E-state index contributed by atoms with van der Waals surface area (Å²) in [5, 5.41) is 0. The van der Waals surface area contributed by atoms with Gasteiger partial charge in [-0.3, -0.25) is 4.72 Å². The van der Waals surface area contributed by atoms with E-state index in [0.29, 0.717) is 15.9 Å². The Morgan fingerprint density at radius 2 is 1.95 bits per heavy atom. The van der Waals surface area contributed by atoms with E-state index in [1.54, 1.807) is 31.2 Å². The van der Waals surface area contributed by atoms with E-state index in [0.717, 1.165) is 8.66 Å². The average Bonchev–Trinajstić information content (AvgIpc) is 2.72. The second-order valence-electron chi connectivity index (χ2n) is 3.92. The number of nitrogens with one attached hydrogen (secondary N) is 1. The number of hydrogen-bond donors (Lipinski definition) is 1. The summed E-state index contributed by atoms with van der Waals surface area (Å²) in [7, 11) is -2.10. The van der Waals surface area contributed by atoms with E-state index in [1.807, 2.05) is 0 Å². The first-order valence-corrected chi connectivity index (χ1v) is 9.34. The highest BCUT2D eigenvalue weighted by Gasteiger charge is 2.20. The van der Waals surface area contributed by atoms with Crippen molar-refractivity contribution in [1.82, 2.24) is 0 Å². The zero-order valence-corrected chi connectivity index (χ0v) is 15.4. The van der Waals surface area contributed by atoms with Crippen LogP contribution in [0.15, 0.2) is 37.4 Å². The maximum atomic E-state index is 12.4. The summed E-state index contributed by atoms with van der Waals surface area (Å²) in [6.07, 6.45) is 0. The van der Waals surface area contributed by atoms with Crippen LogP contribution in [0.1, 0.15) is 4.88 Å². The second kappa shape index (κ2) is 6.05. The molecule has 0 fully saturated rings. The van der Waals surface area contributed by atoms with Crippen LogP contribution in [0.25, 0.3) is 0 Å². The molecule has 0 bridgehead atoms. The van der Waals surface area contributed by atoms with E-state index < -0.39 is 10.0 Å². The van der Waals surface area contributed by atoms with E-state index in [-0.39, 0.29) is 4.90 Å². The third-order valence-electron chi connectivity index (χ3n) is 2.55. The van der Waals surface area contributed by atoms with Gasteiger partial charge in [0.15, 0.2) is 0 Å². The Bertz CT molecular complexity index is 741. The highest BCUT2D eigenvalue weighted by Crippen LogP contribution is 2.33. The van der Waals surface area contributed by atoms with Gasteiger partial charge in [-0.15, -0.1) is 11.3 Å². The molecular formula is C12H11Br2NO3S2. The van der Waals surface area contributed by atoms with Gasteiger partial charge in [0.05, 0.1) is 16.6 Å². The lowest BCUT2D eigenvalue weighted by Crippen LogP contribution is -2.13. The fourth-order valence-electron chi connectivity index (χ4n) is 1.61. The van der Waals surface area contributed by atoms with Crippen molar-refractivity contribution in [1.29, 1.82) is 0 Å². The van der Waals surface area contributed by atoms with Gasteiger partial charge in [0, 0.05) is 15.4 Å². The molecule has 0 aliphatic rings. The molecule has 0 atom stereocenters. The summed E-state index contributed by atoms with van der Waals surface area (Å²) >= 11 is 7.99. The van der Waals surface area contributed by atoms with Crippen LogP contribution in [0.3, 0.4) is 0 Å². The molecule has 0 unspecified atom stereocenters. The Morgan fingerprint density at radius 1 is 1.25 bits per heavy atom. The molecule has 0 radical (unpaired) electrons.